The third-order valence-electron chi connectivity index (χ3n) is 2.95. The van der Waals surface area contributed by atoms with E-state index in [9.17, 15) is 0 Å². The number of likely N-dealkylation sites (tertiary alicyclic amines) is 1. The number of hydrogen-bond donors (Lipinski definition) is 1. The van der Waals surface area contributed by atoms with Crippen LogP contribution >= 0.6 is 11.6 Å². The summed E-state index contributed by atoms with van der Waals surface area (Å²) in [5.41, 5.74) is 6.50. The molecule has 15 heavy (non-hydrogen) atoms. The molecule has 2 rings (SSSR count). The number of piperidine rings is 1. The Bertz CT molecular complexity index is 347. The standard InChI is InChI=1S/C10H15ClN4/c1-15-4-2-7(3-5-15)8-6-13-10(12)14-9(8)11/h6-7H,2-5H2,1H3,(H2,12,13,14). The summed E-state index contributed by atoms with van der Waals surface area (Å²) < 4.78 is 0. The van der Waals surface area contributed by atoms with Gasteiger partial charge < -0.3 is 10.6 Å². The van der Waals surface area contributed by atoms with Crippen LogP contribution in [-0.4, -0.2) is 35.0 Å². The molecule has 1 aromatic rings. The first-order valence-electron chi connectivity index (χ1n) is 5.13. The van der Waals surface area contributed by atoms with Crippen molar-refractivity contribution in [2.24, 2.45) is 0 Å². The van der Waals surface area contributed by atoms with Gasteiger partial charge in [-0.15, -0.1) is 0 Å². The van der Waals surface area contributed by atoms with Gasteiger partial charge in [0.15, 0.2) is 0 Å². The minimum Gasteiger partial charge on any atom is -0.368 e. The second kappa shape index (κ2) is 4.33. The van der Waals surface area contributed by atoms with Gasteiger partial charge in [0.1, 0.15) is 5.15 Å². The van der Waals surface area contributed by atoms with Crippen molar-refractivity contribution >= 4 is 17.5 Å². The monoisotopic (exact) mass is 226 g/mol. The lowest BCUT2D eigenvalue weighted by molar-refractivity contribution is 0.255. The van der Waals surface area contributed by atoms with E-state index in [1.807, 2.05) is 0 Å². The number of anilines is 1. The predicted molar refractivity (Wildman–Crippen MR) is 60.9 cm³/mol. The molecule has 5 heteroatoms. The van der Waals surface area contributed by atoms with E-state index in [0.29, 0.717) is 11.1 Å². The van der Waals surface area contributed by atoms with Gasteiger partial charge >= 0.3 is 0 Å². The van der Waals surface area contributed by atoms with Gasteiger partial charge in [0.05, 0.1) is 0 Å². The highest BCUT2D eigenvalue weighted by molar-refractivity contribution is 6.30. The van der Waals surface area contributed by atoms with Gasteiger partial charge in [-0.3, -0.25) is 0 Å². The average Bonchev–Trinajstić information content (AvgIpc) is 2.20. The molecule has 0 spiro atoms. The summed E-state index contributed by atoms with van der Waals surface area (Å²) in [4.78, 5) is 10.3. The van der Waals surface area contributed by atoms with Crippen LogP contribution < -0.4 is 5.73 Å². The summed E-state index contributed by atoms with van der Waals surface area (Å²) in [5, 5.41) is 0.511. The van der Waals surface area contributed by atoms with E-state index in [-0.39, 0.29) is 5.95 Å². The third-order valence-corrected chi connectivity index (χ3v) is 3.25. The SMILES string of the molecule is CN1CCC(c2cnc(N)nc2Cl)CC1. The van der Waals surface area contributed by atoms with Crippen LogP contribution in [0.3, 0.4) is 0 Å². The Labute approximate surface area is 94.5 Å². The summed E-state index contributed by atoms with van der Waals surface area (Å²) in [7, 11) is 2.14. The molecule has 1 aliphatic rings. The van der Waals surface area contributed by atoms with E-state index < -0.39 is 0 Å². The van der Waals surface area contributed by atoms with Crippen molar-refractivity contribution in [3.05, 3.63) is 16.9 Å². The van der Waals surface area contributed by atoms with Crippen molar-refractivity contribution < 1.29 is 0 Å². The molecule has 1 fully saturated rings. The zero-order valence-corrected chi connectivity index (χ0v) is 9.54. The average molecular weight is 227 g/mol. The van der Waals surface area contributed by atoms with E-state index >= 15 is 0 Å². The second-order valence-electron chi connectivity index (χ2n) is 4.05. The number of nitrogen functional groups attached to an aromatic ring is 1. The van der Waals surface area contributed by atoms with Crippen LogP contribution in [-0.2, 0) is 0 Å². The number of aromatic nitrogens is 2. The summed E-state index contributed by atoms with van der Waals surface area (Å²) in [6.07, 6.45) is 3.99. The van der Waals surface area contributed by atoms with Crippen LogP contribution in [0, 0.1) is 0 Å². The fraction of sp³-hybridized carbons (Fsp3) is 0.600. The van der Waals surface area contributed by atoms with E-state index in [2.05, 4.69) is 21.9 Å². The number of halogens is 1. The lowest BCUT2D eigenvalue weighted by Crippen LogP contribution is -2.29. The van der Waals surface area contributed by atoms with Crippen LogP contribution in [0.25, 0.3) is 0 Å². The van der Waals surface area contributed by atoms with Gasteiger partial charge in [-0.05, 0) is 38.9 Å². The molecule has 0 bridgehead atoms. The predicted octanol–water partition coefficient (Wildman–Crippen LogP) is 1.52. The van der Waals surface area contributed by atoms with Crippen LogP contribution in [0.4, 0.5) is 5.95 Å². The molecular weight excluding hydrogens is 212 g/mol. The zero-order chi connectivity index (χ0) is 10.8. The van der Waals surface area contributed by atoms with Crippen LogP contribution in [0.15, 0.2) is 6.20 Å². The second-order valence-corrected chi connectivity index (χ2v) is 4.41. The molecule has 1 aromatic heterocycles. The number of nitrogens with zero attached hydrogens (tertiary/aromatic N) is 3. The summed E-state index contributed by atoms with van der Waals surface area (Å²) >= 11 is 6.05. The van der Waals surface area contributed by atoms with Gasteiger partial charge in [-0.25, -0.2) is 9.97 Å². The first-order valence-corrected chi connectivity index (χ1v) is 5.51. The van der Waals surface area contributed by atoms with E-state index in [4.69, 9.17) is 17.3 Å². The minimum absolute atomic E-state index is 0.247. The molecule has 82 valence electrons. The topological polar surface area (TPSA) is 55.0 Å². The highest BCUT2D eigenvalue weighted by Crippen LogP contribution is 2.31. The Morgan fingerprint density at radius 2 is 2.13 bits per heavy atom. The highest BCUT2D eigenvalue weighted by atomic mass is 35.5. The molecule has 0 unspecified atom stereocenters. The van der Waals surface area contributed by atoms with Crippen molar-refractivity contribution in [2.45, 2.75) is 18.8 Å². The first-order chi connectivity index (χ1) is 7.16. The molecule has 0 aromatic carbocycles. The molecule has 2 heterocycles. The van der Waals surface area contributed by atoms with Crippen LogP contribution in [0.5, 0.6) is 0 Å². The van der Waals surface area contributed by atoms with Crippen molar-refractivity contribution in [3.8, 4) is 0 Å². The number of hydrogen-bond acceptors (Lipinski definition) is 4. The lowest BCUT2D eigenvalue weighted by atomic mass is 9.91. The van der Waals surface area contributed by atoms with Crippen molar-refractivity contribution in [1.82, 2.24) is 14.9 Å². The number of nitrogens with two attached hydrogens (primary N) is 1. The Morgan fingerprint density at radius 3 is 2.73 bits per heavy atom. The maximum atomic E-state index is 6.05. The zero-order valence-electron chi connectivity index (χ0n) is 8.78. The highest BCUT2D eigenvalue weighted by Gasteiger charge is 2.21. The Hall–Kier alpha value is -0.870. The normalized spacial score (nSPS) is 19.3. The molecule has 1 saturated heterocycles. The maximum Gasteiger partial charge on any atom is 0.221 e. The molecule has 0 aliphatic carbocycles. The lowest BCUT2D eigenvalue weighted by Gasteiger charge is -2.29. The molecule has 0 atom stereocenters. The molecule has 0 amide bonds. The van der Waals surface area contributed by atoms with Crippen molar-refractivity contribution in [1.29, 1.82) is 0 Å². The van der Waals surface area contributed by atoms with E-state index in [0.717, 1.165) is 31.5 Å². The third kappa shape index (κ3) is 2.38. The molecule has 0 saturated carbocycles. The molecular formula is C10H15ClN4. The van der Waals surface area contributed by atoms with Crippen molar-refractivity contribution in [3.63, 3.8) is 0 Å². The van der Waals surface area contributed by atoms with Crippen LogP contribution in [0.2, 0.25) is 5.15 Å². The fourth-order valence-electron chi connectivity index (χ4n) is 1.98. The van der Waals surface area contributed by atoms with E-state index in [1.165, 1.54) is 0 Å². The number of rotatable bonds is 1. The maximum absolute atomic E-state index is 6.05. The summed E-state index contributed by atoms with van der Waals surface area (Å²) in [6, 6.07) is 0. The summed E-state index contributed by atoms with van der Waals surface area (Å²) in [5.74, 6) is 0.728. The minimum atomic E-state index is 0.247. The molecule has 2 N–H and O–H groups in total. The molecule has 0 radical (unpaired) electrons. The Kier molecular flexibility index (Phi) is 3.07. The van der Waals surface area contributed by atoms with Gasteiger partial charge in [0.25, 0.3) is 0 Å². The molecule has 1 aliphatic heterocycles. The van der Waals surface area contributed by atoms with Gasteiger partial charge in [-0.1, -0.05) is 11.6 Å². The Morgan fingerprint density at radius 1 is 1.47 bits per heavy atom. The summed E-state index contributed by atoms with van der Waals surface area (Å²) in [6.45, 7) is 2.21. The largest absolute Gasteiger partial charge is 0.368 e. The van der Waals surface area contributed by atoms with Gasteiger partial charge in [0, 0.05) is 11.8 Å². The van der Waals surface area contributed by atoms with Gasteiger partial charge in [-0.2, -0.15) is 0 Å². The van der Waals surface area contributed by atoms with Crippen molar-refractivity contribution in [2.75, 3.05) is 25.9 Å². The Balaban J connectivity index is 2.15. The molecule has 4 nitrogen and oxygen atoms in total. The quantitative estimate of drug-likeness (QED) is 0.738. The first kappa shape index (κ1) is 10.6. The van der Waals surface area contributed by atoms with E-state index in [1.54, 1.807) is 6.20 Å². The fourth-order valence-corrected chi connectivity index (χ4v) is 2.27. The smallest absolute Gasteiger partial charge is 0.221 e. The van der Waals surface area contributed by atoms with Crippen LogP contribution in [0.1, 0.15) is 24.3 Å². The van der Waals surface area contributed by atoms with Gasteiger partial charge in [0.2, 0.25) is 5.95 Å².